The second-order valence-corrected chi connectivity index (χ2v) is 7.91. The minimum absolute atomic E-state index is 0.217. The van der Waals surface area contributed by atoms with E-state index in [4.69, 9.17) is 0 Å². The molecule has 1 aromatic carbocycles. The lowest BCUT2D eigenvalue weighted by atomic mass is 10.1. The van der Waals surface area contributed by atoms with Crippen molar-refractivity contribution in [3.05, 3.63) is 64.5 Å². The molecule has 2 aromatic heterocycles. The number of aryl methyl sites for hydroxylation is 1. The fourth-order valence-electron chi connectivity index (χ4n) is 3.29. The van der Waals surface area contributed by atoms with Gasteiger partial charge in [-0.15, -0.1) is 10.2 Å². The largest absolute Gasteiger partial charge is 0.357 e. The summed E-state index contributed by atoms with van der Waals surface area (Å²) in [6.45, 7) is 3.99. The summed E-state index contributed by atoms with van der Waals surface area (Å²) in [4.78, 5) is 6.95. The summed E-state index contributed by atoms with van der Waals surface area (Å²) in [5.74, 6) is 0.844. The summed E-state index contributed by atoms with van der Waals surface area (Å²) in [6, 6.07) is 13.1. The van der Waals surface area contributed by atoms with Gasteiger partial charge in [0.05, 0.1) is 0 Å². The maximum atomic E-state index is 13.0. The number of piperidine rings is 1. The number of aromatic nitrogens is 3. The molecule has 1 aliphatic rings. The van der Waals surface area contributed by atoms with Crippen LogP contribution < -0.4 is 10.2 Å². The summed E-state index contributed by atoms with van der Waals surface area (Å²) in [5.41, 5.74) is 2.09. The monoisotopic (exact) mass is 383 g/mol. The molecule has 0 spiro atoms. The van der Waals surface area contributed by atoms with Crippen molar-refractivity contribution in [3.8, 4) is 0 Å². The van der Waals surface area contributed by atoms with Gasteiger partial charge in [0, 0.05) is 31.2 Å². The molecule has 3 aromatic rings. The quantitative estimate of drug-likeness (QED) is 0.720. The van der Waals surface area contributed by atoms with E-state index in [-0.39, 0.29) is 5.82 Å². The molecule has 1 fully saturated rings. The highest BCUT2D eigenvalue weighted by atomic mass is 32.1. The highest BCUT2D eigenvalue weighted by Crippen LogP contribution is 2.24. The van der Waals surface area contributed by atoms with Crippen molar-refractivity contribution < 1.29 is 4.39 Å². The van der Waals surface area contributed by atoms with E-state index < -0.39 is 0 Å². The molecule has 1 saturated heterocycles. The van der Waals surface area contributed by atoms with Gasteiger partial charge in [0.15, 0.2) is 0 Å². The first-order valence-corrected chi connectivity index (χ1v) is 9.99. The fourth-order valence-corrected chi connectivity index (χ4v) is 4.14. The van der Waals surface area contributed by atoms with E-state index in [9.17, 15) is 4.39 Å². The van der Waals surface area contributed by atoms with E-state index in [1.165, 1.54) is 12.1 Å². The third-order valence-electron chi connectivity index (χ3n) is 4.76. The number of hydrogen-bond acceptors (Lipinski definition) is 6. The normalized spacial score (nSPS) is 15.1. The predicted octanol–water partition coefficient (Wildman–Crippen LogP) is 4.05. The summed E-state index contributed by atoms with van der Waals surface area (Å²) in [7, 11) is 0. The number of pyridine rings is 1. The van der Waals surface area contributed by atoms with Gasteiger partial charge < -0.3 is 10.2 Å². The van der Waals surface area contributed by atoms with Crippen LogP contribution in [0.4, 0.5) is 15.3 Å². The first kappa shape index (κ1) is 17.9. The van der Waals surface area contributed by atoms with E-state index in [2.05, 4.69) is 37.5 Å². The average molecular weight is 383 g/mol. The summed E-state index contributed by atoms with van der Waals surface area (Å²) >= 11 is 1.57. The van der Waals surface area contributed by atoms with Crippen LogP contribution in [-0.2, 0) is 6.42 Å². The number of nitrogens with one attached hydrogen (secondary N) is 1. The van der Waals surface area contributed by atoms with Crippen molar-refractivity contribution in [1.82, 2.24) is 15.2 Å². The van der Waals surface area contributed by atoms with Gasteiger partial charge in [0.25, 0.3) is 0 Å². The highest BCUT2D eigenvalue weighted by Gasteiger charge is 2.21. The number of hydrogen-bond donors (Lipinski definition) is 1. The van der Waals surface area contributed by atoms with Crippen LogP contribution in [0.15, 0.2) is 42.5 Å². The molecule has 0 amide bonds. The van der Waals surface area contributed by atoms with Gasteiger partial charge in [0.2, 0.25) is 5.13 Å². The van der Waals surface area contributed by atoms with Crippen molar-refractivity contribution in [3.63, 3.8) is 0 Å². The molecule has 5 nitrogen and oxygen atoms in total. The van der Waals surface area contributed by atoms with Crippen molar-refractivity contribution in [1.29, 1.82) is 0 Å². The van der Waals surface area contributed by atoms with E-state index >= 15 is 0 Å². The lowest BCUT2D eigenvalue weighted by molar-refractivity contribution is 0.523. The van der Waals surface area contributed by atoms with Crippen LogP contribution in [0.5, 0.6) is 0 Å². The van der Waals surface area contributed by atoms with Crippen molar-refractivity contribution in [2.75, 3.05) is 23.3 Å². The third kappa shape index (κ3) is 4.60. The number of anilines is 2. The second kappa shape index (κ2) is 8.00. The smallest absolute Gasteiger partial charge is 0.205 e. The molecule has 3 heterocycles. The Kier molecular flexibility index (Phi) is 5.29. The maximum absolute atomic E-state index is 13.0. The van der Waals surface area contributed by atoms with Crippen molar-refractivity contribution >= 4 is 22.3 Å². The van der Waals surface area contributed by atoms with E-state index in [0.29, 0.717) is 12.5 Å². The average Bonchev–Trinajstić information content (AvgIpc) is 3.11. The molecule has 1 aliphatic heterocycles. The van der Waals surface area contributed by atoms with Crippen LogP contribution in [0.1, 0.15) is 29.1 Å². The van der Waals surface area contributed by atoms with Gasteiger partial charge in [-0.2, -0.15) is 0 Å². The minimum Gasteiger partial charge on any atom is -0.357 e. The van der Waals surface area contributed by atoms with Crippen LogP contribution in [0, 0.1) is 12.7 Å². The second-order valence-electron chi connectivity index (χ2n) is 6.85. The van der Waals surface area contributed by atoms with E-state index in [1.54, 1.807) is 23.5 Å². The molecule has 4 rings (SSSR count). The Hall–Kier alpha value is -2.54. The van der Waals surface area contributed by atoms with Crippen LogP contribution in [0.25, 0.3) is 0 Å². The van der Waals surface area contributed by atoms with Gasteiger partial charge in [-0.3, -0.25) is 0 Å². The zero-order valence-corrected chi connectivity index (χ0v) is 16.0. The third-order valence-corrected chi connectivity index (χ3v) is 5.61. The molecule has 1 N–H and O–H groups in total. The molecular weight excluding hydrogens is 361 g/mol. The number of benzene rings is 1. The summed E-state index contributed by atoms with van der Waals surface area (Å²) in [6.07, 6.45) is 2.77. The van der Waals surface area contributed by atoms with Gasteiger partial charge in [-0.1, -0.05) is 29.5 Å². The first-order chi connectivity index (χ1) is 13.2. The van der Waals surface area contributed by atoms with E-state index in [0.717, 1.165) is 53.1 Å². The molecule has 0 saturated carbocycles. The SMILES string of the molecule is Cc1cccc(N2CCC(Nc3nnc(Cc4ccc(F)cc4)s3)CC2)n1. The minimum atomic E-state index is -0.217. The topological polar surface area (TPSA) is 53.9 Å². The molecule has 0 unspecified atom stereocenters. The lowest BCUT2D eigenvalue weighted by Gasteiger charge is -2.33. The molecular formula is C20H22FN5S. The van der Waals surface area contributed by atoms with Crippen LogP contribution in [-0.4, -0.2) is 34.3 Å². The molecule has 0 bridgehead atoms. The molecule has 27 heavy (non-hydrogen) atoms. The number of nitrogens with zero attached hydrogens (tertiary/aromatic N) is 4. The van der Waals surface area contributed by atoms with E-state index in [1.807, 2.05) is 13.0 Å². The van der Waals surface area contributed by atoms with Gasteiger partial charge in [-0.05, 0) is 49.6 Å². The Morgan fingerprint density at radius 3 is 2.63 bits per heavy atom. The number of halogens is 1. The molecule has 0 radical (unpaired) electrons. The Morgan fingerprint density at radius 1 is 1.11 bits per heavy atom. The lowest BCUT2D eigenvalue weighted by Crippen LogP contribution is -2.39. The van der Waals surface area contributed by atoms with Crippen LogP contribution in [0.2, 0.25) is 0 Å². The Balaban J connectivity index is 1.30. The van der Waals surface area contributed by atoms with Gasteiger partial charge in [0.1, 0.15) is 16.6 Å². The van der Waals surface area contributed by atoms with Crippen molar-refractivity contribution in [2.24, 2.45) is 0 Å². The maximum Gasteiger partial charge on any atom is 0.205 e. The predicted molar refractivity (Wildman–Crippen MR) is 107 cm³/mol. The highest BCUT2D eigenvalue weighted by molar-refractivity contribution is 7.15. The molecule has 0 aliphatic carbocycles. The zero-order valence-electron chi connectivity index (χ0n) is 15.2. The molecule has 140 valence electrons. The van der Waals surface area contributed by atoms with Gasteiger partial charge >= 0.3 is 0 Å². The summed E-state index contributed by atoms with van der Waals surface area (Å²) in [5, 5.41) is 13.8. The van der Waals surface area contributed by atoms with Crippen LogP contribution >= 0.6 is 11.3 Å². The number of rotatable bonds is 5. The van der Waals surface area contributed by atoms with Gasteiger partial charge in [-0.25, -0.2) is 9.37 Å². The Labute approximate surface area is 162 Å². The Morgan fingerprint density at radius 2 is 1.89 bits per heavy atom. The van der Waals surface area contributed by atoms with Crippen molar-refractivity contribution in [2.45, 2.75) is 32.2 Å². The Bertz CT molecular complexity index is 887. The first-order valence-electron chi connectivity index (χ1n) is 9.18. The standard InChI is InChI=1S/C20H22FN5S/c1-14-3-2-4-18(22-14)26-11-9-17(10-12-26)23-20-25-24-19(27-20)13-15-5-7-16(21)8-6-15/h2-8,17H,9-13H2,1H3,(H,23,25). The molecule has 0 atom stereocenters. The fraction of sp³-hybridized carbons (Fsp3) is 0.350. The zero-order chi connectivity index (χ0) is 18.6. The summed E-state index contributed by atoms with van der Waals surface area (Å²) < 4.78 is 13.0. The molecule has 7 heteroatoms. The van der Waals surface area contributed by atoms with Crippen LogP contribution in [0.3, 0.4) is 0 Å².